The van der Waals surface area contributed by atoms with Crippen LogP contribution in [0, 0.1) is 11.6 Å². The van der Waals surface area contributed by atoms with E-state index in [-0.39, 0.29) is 29.7 Å². The number of aromatic hydroxyl groups is 1. The molecule has 0 radical (unpaired) electrons. The Morgan fingerprint density at radius 2 is 1.78 bits per heavy atom. The van der Waals surface area contributed by atoms with E-state index in [9.17, 15) is 23.5 Å². The van der Waals surface area contributed by atoms with E-state index in [0.29, 0.717) is 43.7 Å². The van der Waals surface area contributed by atoms with Gasteiger partial charge in [0, 0.05) is 37.3 Å². The van der Waals surface area contributed by atoms with E-state index in [1.807, 2.05) is 11.8 Å². The molecular formula is C23H26F2N4O3. The maximum Gasteiger partial charge on any atom is 0.254 e. The number of aryl methyl sites for hydroxylation is 1. The lowest BCUT2D eigenvalue weighted by molar-refractivity contribution is -0.122. The molecule has 2 aromatic carbocycles. The normalized spacial score (nSPS) is 14.7. The highest BCUT2D eigenvalue weighted by Gasteiger charge is 2.23. The van der Waals surface area contributed by atoms with Gasteiger partial charge < -0.3 is 10.0 Å². The van der Waals surface area contributed by atoms with Gasteiger partial charge in [-0.05, 0) is 48.4 Å². The van der Waals surface area contributed by atoms with Crippen molar-refractivity contribution >= 4 is 18.0 Å². The second-order valence-corrected chi connectivity index (χ2v) is 7.62. The van der Waals surface area contributed by atoms with Gasteiger partial charge in [0.1, 0.15) is 17.4 Å². The molecule has 170 valence electrons. The van der Waals surface area contributed by atoms with E-state index < -0.39 is 11.6 Å². The fourth-order valence-corrected chi connectivity index (χ4v) is 3.53. The highest BCUT2D eigenvalue weighted by atomic mass is 19.1. The fourth-order valence-electron chi connectivity index (χ4n) is 3.53. The number of carbonyl (C=O) groups excluding carboxylic acids is 2. The van der Waals surface area contributed by atoms with Crippen molar-refractivity contribution in [2.45, 2.75) is 19.8 Å². The maximum atomic E-state index is 13.7. The van der Waals surface area contributed by atoms with Crippen LogP contribution in [0.3, 0.4) is 0 Å². The molecule has 1 aliphatic heterocycles. The molecule has 0 aliphatic carbocycles. The Kier molecular flexibility index (Phi) is 7.88. The van der Waals surface area contributed by atoms with Crippen LogP contribution < -0.4 is 5.43 Å². The molecule has 3 rings (SSSR count). The zero-order valence-corrected chi connectivity index (χ0v) is 17.9. The van der Waals surface area contributed by atoms with Crippen molar-refractivity contribution in [1.29, 1.82) is 0 Å². The van der Waals surface area contributed by atoms with Gasteiger partial charge in [-0.25, -0.2) is 14.2 Å². The number of hydrogen-bond acceptors (Lipinski definition) is 5. The molecular weight excluding hydrogens is 418 g/mol. The number of benzene rings is 2. The summed E-state index contributed by atoms with van der Waals surface area (Å²) in [6, 6.07) is 7.86. The van der Waals surface area contributed by atoms with Crippen LogP contribution in [0.4, 0.5) is 8.78 Å². The van der Waals surface area contributed by atoms with E-state index in [4.69, 9.17) is 0 Å². The summed E-state index contributed by atoms with van der Waals surface area (Å²) in [5, 5.41) is 14.0. The first-order valence-corrected chi connectivity index (χ1v) is 10.5. The van der Waals surface area contributed by atoms with Crippen LogP contribution >= 0.6 is 0 Å². The number of carbonyl (C=O) groups is 2. The van der Waals surface area contributed by atoms with Crippen molar-refractivity contribution in [2.24, 2.45) is 5.10 Å². The lowest BCUT2D eigenvalue weighted by Crippen LogP contribution is -2.50. The third-order valence-corrected chi connectivity index (χ3v) is 5.21. The van der Waals surface area contributed by atoms with E-state index in [0.717, 1.165) is 12.5 Å². The van der Waals surface area contributed by atoms with E-state index >= 15 is 0 Å². The number of piperazine rings is 1. The van der Waals surface area contributed by atoms with Gasteiger partial charge in [0.05, 0.1) is 12.8 Å². The van der Waals surface area contributed by atoms with Crippen LogP contribution in [-0.2, 0) is 11.2 Å². The number of amides is 2. The minimum atomic E-state index is -0.480. The average Bonchev–Trinajstić information content (AvgIpc) is 2.77. The zero-order chi connectivity index (χ0) is 23.1. The van der Waals surface area contributed by atoms with Crippen molar-refractivity contribution in [3.8, 4) is 5.75 Å². The monoisotopic (exact) mass is 444 g/mol. The second-order valence-electron chi connectivity index (χ2n) is 7.62. The summed E-state index contributed by atoms with van der Waals surface area (Å²) in [5.74, 6) is -1.45. The Labute approximate surface area is 185 Å². The predicted molar refractivity (Wildman–Crippen MR) is 117 cm³/mol. The standard InChI is InChI=1S/C23H26F2N4O3/c1-2-3-17-12-20(25)13-18(22(17)31)14-26-27-21(30)15-28-8-10-29(11-9-28)23(32)16-4-6-19(24)7-5-16/h4-7,12-14,31H,2-3,8-11,15H2,1H3,(H,27,30)/b26-14+. The first kappa shape index (κ1) is 23.3. The molecule has 7 nitrogen and oxygen atoms in total. The molecule has 0 saturated carbocycles. The minimum absolute atomic E-state index is 0.0480. The van der Waals surface area contributed by atoms with Crippen molar-refractivity contribution in [3.05, 3.63) is 64.7 Å². The zero-order valence-electron chi connectivity index (χ0n) is 17.9. The van der Waals surface area contributed by atoms with Gasteiger partial charge in [0.2, 0.25) is 0 Å². The molecule has 0 atom stereocenters. The smallest absolute Gasteiger partial charge is 0.254 e. The van der Waals surface area contributed by atoms with E-state index in [2.05, 4.69) is 10.5 Å². The predicted octanol–water partition coefficient (Wildman–Crippen LogP) is 2.53. The van der Waals surface area contributed by atoms with Gasteiger partial charge in [-0.2, -0.15) is 5.10 Å². The van der Waals surface area contributed by atoms with Gasteiger partial charge in [0.25, 0.3) is 11.8 Å². The van der Waals surface area contributed by atoms with Crippen molar-refractivity contribution < 1.29 is 23.5 Å². The average molecular weight is 444 g/mol. The third kappa shape index (κ3) is 6.10. The molecule has 1 aliphatic rings. The number of nitrogens with one attached hydrogen (secondary N) is 1. The highest BCUT2D eigenvalue weighted by Crippen LogP contribution is 2.24. The molecule has 9 heteroatoms. The van der Waals surface area contributed by atoms with Crippen LogP contribution in [0.2, 0.25) is 0 Å². The summed E-state index contributed by atoms with van der Waals surface area (Å²) in [7, 11) is 0. The molecule has 0 aromatic heterocycles. The third-order valence-electron chi connectivity index (χ3n) is 5.21. The van der Waals surface area contributed by atoms with Gasteiger partial charge in [-0.1, -0.05) is 13.3 Å². The summed E-state index contributed by atoms with van der Waals surface area (Å²) >= 11 is 0. The second kappa shape index (κ2) is 10.8. The summed E-state index contributed by atoms with van der Waals surface area (Å²) < 4.78 is 26.8. The first-order valence-electron chi connectivity index (χ1n) is 10.5. The van der Waals surface area contributed by atoms with Crippen LogP contribution in [0.5, 0.6) is 5.75 Å². The summed E-state index contributed by atoms with van der Waals surface area (Å²) in [6.45, 7) is 3.93. The molecule has 1 fully saturated rings. The molecule has 0 spiro atoms. The summed E-state index contributed by atoms with van der Waals surface area (Å²) in [5.41, 5.74) is 3.50. The quantitative estimate of drug-likeness (QED) is 0.508. The Morgan fingerprint density at radius 3 is 2.44 bits per heavy atom. The van der Waals surface area contributed by atoms with E-state index in [1.165, 1.54) is 36.5 Å². The number of phenols is 1. The molecule has 0 bridgehead atoms. The van der Waals surface area contributed by atoms with Gasteiger partial charge in [-0.15, -0.1) is 0 Å². The van der Waals surface area contributed by atoms with Crippen LogP contribution in [-0.4, -0.2) is 65.7 Å². The topological polar surface area (TPSA) is 85.2 Å². The molecule has 2 N–H and O–H groups in total. The lowest BCUT2D eigenvalue weighted by Gasteiger charge is -2.34. The number of hydrazone groups is 1. The molecule has 2 aromatic rings. The molecule has 2 amide bonds. The fraction of sp³-hybridized carbons (Fsp3) is 0.348. The van der Waals surface area contributed by atoms with Gasteiger partial charge >= 0.3 is 0 Å². The van der Waals surface area contributed by atoms with Crippen LogP contribution in [0.15, 0.2) is 41.5 Å². The lowest BCUT2D eigenvalue weighted by atomic mass is 10.1. The minimum Gasteiger partial charge on any atom is -0.507 e. The maximum absolute atomic E-state index is 13.7. The summed E-state index contributed by atoms with van der Waals surface area (Å²) in [4.78, 5) is 28.2. The number of rotatable bonds is 7. The Hall–Kier alpha value is -3.33. The number of hydrogen-bond donors (Lipinski definition) is 2. The van der Waals surface area contributed by atoms with E-state index in [1.54, 1.807) is 4.90 Å². The van der Waals surface area contributed by atoms with Crippen LogP contribution in [0.25, 0.3) is 0 Å². The van der Waals surface area contributed by atoms with Crippen molar-refractivity contribution in [2.75, 3.05) is 32.7 Å². The first-order chi connectivity index (χ1) is 15.4. The number of phenolic OH excluding ortho intramolecular Hbond substituents is 1. The van der Waals surface area contributed by atoms with Gasteiger partial charge in [0.15, 0.2) is 0 Å². The SMILES string of the molecule is CCCc1cc(F)cc(/C=N/NC(=O)CN2CCN(C(=O)c3ccc(F)cc3)CC2)c1O. The van der Waals surface area contributed by atoms with Crippen LogP contribution in [0.1, 0.15) is 34.8 Å². The Morgan fingerprint density at radius 1 is 1.09 bits per heavy atom. The number of nitrogens with zero attached hydrogens (tertiary/aromatic N) is 3. The largest absolute Gasteiger partial charge is 0.507 e. The Bertz CT molecular complexity index is 987. The molecule has 1 saturated heterocycles. The van der Waals surface area contributed by atoms with Gasteiger partial charge in [-0.3, -0.25) is 14.5 Å². The molecule has 0 unspecified atom stereocenters. The molecule has 32 heavy (non-hydrogen) atoms. The van der Waals surface area contributed by atoms with Crippen molar-refractivity contribution in [1.82, 2.24) is 15.2 Å². The number of halogens is 2. The molecule has 1 heterocycles. The summed E-state index contributed by atoms with van der Waals surface area (Å²) in [6.07, 6.45) is 2.51. The Balaban J connectivity index is 1.47. The van der Waals surface area contributed by atoms with Crippen molar-refractivity contribution in [3.63, 3.8) is 0 Å². The highest BCUT2D eigenvalue weighted by molar-refractivity contribution is 5.94.